The summed E-state index contributed by atoms with van der Waals surface area (Å²) < 4.78 is 7.06. The molecule has 0 aromatic carbocycles. The third-order valence-corrected chi connectivity index (χ3v) is 4.98. The van der Waals surface area contributed by atoms with Gasteiger partial charge in [0.25, 0.3) is 0 Å². The molecule has 26 heavy (non-hydrogen) atoms. The maximum absolute atomic E-state index is 5.17. The molecular weight excluding hydrogens is 326 g/mol. The van der Waals surface area contributed by atoms with Gasteiger partial charge in [-0.2, -0.15) is 5.10 Å². The van der Waals surface area contributed by atoms with Gasteiger partial charge in [0, 0.05) is 48.7 Å². The van der Waals surface area contributed by atoms with Crippen molar-refractivity contribution in [3.63, 3.8) is 0 Å². The molecule has 4 aromatic rings. The third-order valence-electron chi connectivity index (χ3n) is 4.98. The molecule has 1 atom stereocenters. The Bertz CT molecular complexity index is 1010. The molecule has 130 valence electrons. The number of likely N-dealkylation sites (tertiary alicyclic amines) is 1. The van der Waals surface area contributed by atoms with Crippen LogP contribution >= 0.6 is 0 Å². The van der Waals surface area contributed by atoms with Crippen LogP contribution in [0.2, 0.25) is 0 Å². The predicted molar refractivity (Wildman–Crippen MR) is 97.6 cm³/mol. The summed E-state index contributed by atoms with van der Waals surface area (Å²) in [6.45, 7) is 2.97. The quantitative estimate of drug-likeness (QED) is 0.567. The third kappa shape index (κ3) is 2.88. The molecule has 6 heteroatoms. The smallest absolute Gasteiger partial charge is 0.156 e. The zero-order valence-corrected chi connectivity index (χ0v) is 14.3. The molecule has 0 aliphatic carbocycles. The van der Waals surface area contributed by atoms with Crippen molar-refractivity contribution in [2.45, 2.75) is 18.9 Å². The van der Waals surface area contributed by atoms with E-state index in [0.717, 1.165) is 48.7 Å². The molecule has 0 unspecified atom stereocenters. The fourth-order valence-corrected chi connectivity index (χ4v) is 3.62. The molecule has 1 aliphatic heterocycles. The van der Waals surface area contributed by atoms with Crippen LogP contribution in [0.5, 0.6) is 0 Å². The van der Waals surface area contributed by atoms with Gasteiger partial charge in [0.05, 0.1) is 12.5 Å². The number of rotatable bonds is 4. The summed E-state index contributed by atoms with van der Waals surface area (Å²) in [5, 5.41) is 4.76. The van der Waals surface area contributed by atoms with Gasteiger partial charge in [0.2, 0.25) is 0 Å². The number of pyridine rings is 2. The van der Waals surface area contributed by atoms with Crippen molar-refractivity contribution < 1.29 is 4.42 Å². The Kier molecular flexibility index (Phi) is 3.75. The van der Waals surface area contributed by atoms with Crippen molar-refractivity contribution in [1.29, 1.82) is 0 Å². The van der Waals surface area contributed by atoms with Crippen LogP contribution in [0.15, 0.2) is 65.9 Å². The average molecular weight is 345 g/mol. The molecular formula is C20H19N5O. The summed E-state index contributed by atoms with van der Waals surface area (Å²) in [6, 6.07) is 10.2. The Morgan fingerprint density at radius 3 is 2.85 bits per heavy atom. The zero-order chi connectivity index (χ0) is 17.3. The summed E-state index contributed by atoms with van der Waals surface area (Å²) in [5.74, 6) is 1.32. The lowest BCUT2D eigenvalue weighted by molar-refractivity contribution is 0.324. The molecule has 1 saturated heterocycles. The van der Waals surface area contributed by atoms with Gasteiger partial charge in [-0.05, 0) is 48.9 Å². The molecule has 5 heterocycles. The second-order valence-electron chi connectivity index (χ2n) is 6.78. The molecule has 0 N–H and O–H groups in total. The van der Waals surface area contributed by atoms with E-state index in [1.807, 2.05) is 41.2 Å². The minimum atomic E-state index is 0.381. The monoisotopic (exact) mass is 345 g/mol. The summed E-state index contributed by atoms with van der Waals surface area (Å²) in [6.07, 6.45) is 10.3. The molecule has 0 saturated carbocycles. The van der Waals surface area contributed by atoms with E-state index >= 15 is 0 Å². The summed E-state index contributed by atoms with van der Waals surface area (Å²) in [7, 11) is 0. The van der Waals surface area contributed by atoms with E-state index in [4.69, 9.17) is 14.5 Å². The highest BCUT2D eigenvalue weighted by molar-refractivity contribution is 5.63. The predicted octanol–water partition coefficient (Wildman–Crippen LogP) is 3.37. The number of fused-ring (bicyclic) bond motifs is 1. The van der Waals surface area contributed by atoms with Crippen LogP contribution in [0, 0.1) is 0 Å². The van der Waals surface area contributed by atoms with E-state index in [9.17, 15) is 0 Å². The van der Waals surface area contributed by atoms with Gasteiger partial charge in [0.1, 0.15) is 0 Å². The summed E-state index contributed by atoms with van der Waals surface area (Å²) >= 11 is 0. The van der Waals surface area contributed by atoms with Crippen LogP contribution in [0.25, 0.3) is 16.8 Å². The van der Waals surface area contributed by atoms with E-state index in [2.05, 4.69) is 16.0 Å². The maximum atomic E-state index is 5.17. The summed E-state index contributed by atoms with van der Waals surface area (Å²) in [5.41, 5.74) is 4.36. The maximum Gasteiger partial charge on any atom is 0.156 e. The molecule has 1 aliphatic rings. The topological polar surface area (TPSA) is 59.5 Å². The second-order valence-corrected chi connectivity index (χ2v) is 6.78. The first-order valence-corrected chi connectivity index (χ1v) is 8.85. The number of hydrogen-bond acceptors (Lipinski definition) is 5. The van der Waals surface area contributed by atoms with Gasteiger partial charge in [-0.15, -0.1) is 0 Å². The van der Waals surface area contributed by atoms with E-state index in [0.29, 0.717) is 5.92 Å². The Balaban J connectivity index is 1.36. The van der Waals surface area contributed by atoms with Gasteiger partial charge >= 0.3 is 0 Å². The van der Waals surface area contributed by atoms with Crippen LogP contribution in [-0.4, -0.2) is 37.6 Å². The number of hydrogen-bond donors (Lipinski definition) is 0. The first-order valence-electron chi connectivity index (χ1n) is 8.85. The molecule has 0 bridgehead atoms. The fraction of sp³-hybridized carbons (Fsp3) is 0.250. The molecule has 0 spiro atoms. The molecule has 6 nitrogen and oxygen atoms in total. The van der Waals surface area contributed by atoms with Crippen molar-refractivity contribution in [2.75, 3.05) is 13.1 Å². The van der Waals surface area contributed by atoms with Crippen molar-refractivity contribution in [3.8, 4) is 11.1 Å². The first kappa shape index (κ1) is 15.3. The Morgan fingerprint density at radius 2 is 2.00 bits per heavy atom. The zero-order valence-electron chi connectivity index (χ0n) is 14.3. The Morgan fingerprint density at radius 1 is 1.08 bits per heavy atom. The van der Waals surface area contributed by atoms with Gasteiger partial charge in [0.15, 0.2) is 11.5 Å². The summed E-state index contributed by atoms with van der Waals surface area (Å²) in [4.78, 5) is 11.3. The number of nitrogens with zero attached hydrogens (tertiary/aromatic N) is 5. The van der Waals surface area contributed by atoms with Crippen LogP contribution in [0.3, 0.4) is 0 Å². The standard InChI is InChI=1S/C20H19N5O/c1-2-19-22-20(18-5-9-24(12-18)11-15-6-10-26-14-15)23-25(19)13-17(1)16-3-7-21-8-4-16/h1-4,6-8,10,13-14,18H,5,9,11-12H2/t18-/m0/s1. The Hall–Kier alpha value is -2.99. The first-order chi connectivity index (χ1) is 12.8. The van der Waals surface area contributed by atoms with Crippen LogP contribution in [-0.2, 0) is 6.54 Å². The fourth-order valence-electron chi connectivity index (χ4n) is 3.62. The SMILES string of the molecule is c1cc(-c2ccc3nc([C@H]4CCN(Cc5ccoc5)C4)nn3c2)ccn1. The van der Waals surface area contributed by atoms with Gasteiger partial charge < -0.3 is 4.42 Å². The lowest BCUT2D eigenvalue weighted by atomic mass is 10.1. The lowest BCUT2D eigenvalue weighted by Gasteiger charge is -2.13. The largest absolute Gasteiger partial charge is 0.472 e. The molecule has 0 amide bonds. The minimum absolute atomic E-state index is 0.381. The van der Waals surface area contributed by atoms with E-state index in [1.54, 1.807) is 18.7 Å². The molecule has 4 aromatic heterocycles. The Labute approximate surface area is 151 Å². The second kappa shape index (κ2) is 6.38. The number of aromatic nitrogens is 4. The highest BCUT2D eigenvalue weighted by atomic mass is 16.3. The van der Waals surface area contributed by atoms with Crippen molar-refractivity contribution in [2.24, 2.45) is 0 Å². The van der Waals surface area contributed by atoms with Crippen LogP contribution < -0.4 is 0 Å². The lowest BCUT2D eigenvalue weighted by Crippen LogP contribution is -2.19. The van der Waals surface area contributed by atoms with Crippen molar-refractivity contribution in [3.05, 3.63) is 72.8 Å². The normalized spacial score (nSPS) is 17.9. The highest BCUT2D eigenvalue weighted by Gasteiger charge is 2.27. The van der Waals surface area contributed by atoms with Crippen LogP contribution in [0.1, 0.15) is 23.7 Å². The molecule has 1 fully saturated rings. The van der Waals surface area contributed by atoms with E-state index in [1.165, 1.54) is 5.56 Å². The number of furan rings is 1. The van der Waals surface area contributed by atoms with Crippen LogP contribution in [0.4, 0.5) is 0 Å². The average Bonchev–Trinajstić information content (AvgIpc) is 3.42. The van der Waals surface area contributed by atoms with Crippen molar-refractivity contribution in [1.82, 2.24) is 24.5 Å². The van der Waals surface area contributed by atoms with Gasteiger partial charge in [-0.3, -0.25) is 9.88 Å². The highest BCUT2D eigenvalue weighted by Crippen LogP contribution is 2.27. The molecule has 0 radical (unpaired) electrons. The van der Waals surface area contributed by atoms with Gasteiger partial charge in [-0.1, -0.05) is 0 Å². The minimum Gasteiger partial charge on any atom is -0.472 e. The van der Waals surface area contributed by atoms with E-state index < -0.39 is 0 Å². The van der Waals surface area contributed by atoms with Crippen molar-refractivity contribution >= 4 is 5.65 Å². The molecule has 5 rings (SSSR count). The van der Waals surface area contributed by atoms with Gasteiger partial charge in [-0.25, -0.2) is 9.50 Å². The van der Waals surface area contributed by atoms with E-state index in [-0.39, 0.29) is 0 Å².